The summed E-state index contributed by atoms with van der Waals surface area (Å²) in [4.78, 5) is 35.1. The number of nitrogens with zero attached hydrogens (tertiary/aromatic N) is 2. The molecule has 0 saturated heterocycles. The molecule has 0 heterocycles. The van der Waals surface area contributed by atoms with Crippen LogP contribution in [0.5, 0.6) is 23.0 Å². The minimum absolute atomic E-state index is 0.253. The van der Waals surface area contributed by atoms with E-state index in [9.17, 15) is 9.59 Å². The van der Waals surface area contributed by atoms with Crippen LogP contribution in [0, 0.1) is 23.7 Å². The van der Waals surface area contributed by atoms with E-state index in [0.29, 0.717) is 36.2 Å². The first-order chi connectivity index (χ1) is 30.0. The number of hydrogen-bond acceptors (Lipinski definition) is 8. The Bertz CT molecular complexity index is 2010. The van der Waals surface area contributed by atoms with Crippen molar-refractivity contribution in [3.05, 3.63) is 144 Å². The Labute approximate surface area is 369 Å². The van der Waals surface area contributed by atoms with E-state index in [0.717, 1.165) is 58.7 Å². The molecule has 0 bridgehead atoms. The Kier molecular flexibility index (Phi) is 19.0. The van der Waals surface area contributed by atoms with Crippen molar-refractivity contribution in [3.8, 4) is 23.0 Å². The predicted molar refractivity (Wildman–Crippen MR) is 253 cm³/mol. The van der Waals surface area contributed by atoms with E-state index in [-0.39, 0.29) is 11.5 Å². The molecule has 0 saturated carbocycles. The summed E-state index contributed by atoms with van der Waals surface area (Å²) in [5, 5.41) is 0. The highest BCUT2D eigenvalue weighted by Gasteiger charge is 2.13. The third-order valence-electron chi connectivity index (χ3n) is 10.6. The maximum Gasteiger partial charge on any atom is 0.343 e. The Morgan fingerprint density at radius 3 is 1.23 bits per heavy atom. The summed E-state index contributed by atoms with van der Waals surface area (Å²) in [7, 11) is 0. The average Bonchev–Trinajstić information content (AvgIpc) is 3.26. The number of carbonyl (C=O) groups excluding carboxylic acids is 2. The molecule has 0 amide bonds. The van der Waals surface area contributed by atoms with Crippen LogP contribution in [-0.4, -0.2) is 37.6 Å². The lowest BCUT2D eigenvalue weighted by Gasteiger charge is -2.13. The molecule has 5 rings (SSSR count). The van der Waals surface area contributed by atoms with Gasteiger partial charge in [-0.15, -0.1) is 0 Å². The SMILES string of the molecule is CC(C)CCCC(C)CCOc1ccc(N=Cc2ccc(C(=O)Oc3cccc(OC(=O)c4ccc(C=Nc5ccc(OCCC(C)CCCC(C)C)cc5)cc4)c3)cc2)cc1. The zero-order chi connectivity index (χ0) is 44.1. The standard InChI is InChI=1S/C54H64N2O6/c1-39(2)10-7-12-41(5)32-34-59-49-28-24-47(25-29-49)55-37-43-16-20-45(21-17-43)53(57)61-51-14-9-15-52(36-51)62-54(58)46-22-18-44(19-23-46)38-56-48-26-30-50(31-27-48)60-35-33-42(6)13-8-11-40(3)4/h9,14-31,36-42H,7-8,10-13,32-35H2,1-6H3. The van der Waals surface area contributed by atoms with Crippen LogP contribution in [0.1, 0.15) is 125 Å². The molecular weight excluding hydrogens is 773 g/mol. The molecule has 0 fully saturated rings. The van der Waals surface area contributed by atoms with Gasteiger partial charge in [-0.1, -0.05) is 110 Å². The maximum atomic E-state index is 13.0. The van der Waals surface area contributed by atoms with Gasteiger partial charge in [-0.3, -0.25) is 9.98 Å². The lowest BCUT2D eigenvalue weighted by atomic mass is 9.98. The second-order valence-electron chi connectivity index (χ2n) is 17.1. The summed E-state index contributed by atoms with van der Waals surface area (Å²) in [6, 6.07) is 35.9. The van der Waals surface area contributed by atoms with Gasteiger partial charge in [0.15, 0.2) is 0 Å². The molecule has 8 nitrogen and oxygen atoms in total. The number of esters is 2. The highest BCUT2D eigenvalue weighted by molar-refractivity contribution is 5.93. The van der Waals surface area contributed by atoms with E-state index in [4.69, 9.17) is 18.9 Å². The van der Waals surface area contributed by atoms with E-state index in [2.05, 4.69) is 51.5 Å². The van der Waals surface area contributed by atoms with Gasteiger partial charge in [-0.05, 0) is 133 Å². The minimum Gasteiger partial charge on any atom is -0.494 e. The molecule has 0 aliphatic carbocycles. The number of benzene rings is 5. The summed E-state index contributed by atoms with van der Waals surface area (Å²) in [6.45, 7) is 15.1. The quantitative estimate of drug-likeness (QED) is 0.0349. The first-order valence-electron chi connectivity index (χ1n) is 22.3. The van der Waals surface area contributed by atoms with Crippen molar-refractivity contribution in [2.45, 2.75) is 92.9 Å². The highest BCUT2D eigenvalue weighted by atomic mass is 16.5. The minimum atomic E-state index is -0.535. The Hall–Kier alpha value is -6.02. The number of hydrogen-bond donors (Lipinski definition) is 0. The molecule has 0 aliphatic rings. The average molecular weight is 837 g/mol. The molecule has 62 heavy (non-hydrogen) atoms. The fourth-order valence-electron chi connectivity index (χ4n) is 6.69. The van der Waals surface area contributed by atoms with E-state index in [1.54, 1.807) is 79.2 Å². The number of aliphatic imine (C=N–C) groups is 2. The van der Waals surface area contributed by atoms with E-state index in [1.165, 1.54) is 44.6 Å². The van der Waals surface area contributed by atoms with Gasteiger partial charge in [-0.2, -0.15) is 0 Å². The first kappa shape index (κ1) is 47.0. The fraction of sp³-hybridized carbons (Fsp3) is 0.370. The van der Waals surface area contributed by atoms with Crippen LogP contribution >= 0.6 is 0 Å². The van der Waals surface area contributed by atoms with Gasteiger partial charge in [0.25, 0.3) is 0 Å². The summed E-state index contributed by atoms with van der Waals surface area (Å²) < 4.78 is 23.1. The number of carbonyl (C=O) groups is 2. The molecule has 5 aromatic carbocycles. The zero-order valence-electron chi connectivity index (χ0n) is 37.4. The van der Waals surface area contributed by atoms with Gasteiger partial charge in [0, 0.05) is 18.5 Å². The van der Waals surface area contributed by atoms with Crippen LogP contribution in [0.25, 0.3) is 0 Å². The Morgan fingerprint density at radius 1 is 0.468 bits per heavy atom. The molecule has 5 aromatic rings. The van der Waals surface area contributed by atoms with Crippen LogP contribution in [0.4, 0.5) is 11.4 Å². The number of rotatable bonds is 24. The fourth-order valence-corrected chi connectivity index (χ4v) is 6.69. The van der Waals surface area contributed by atoms with E-state index in [1.807, 2.05) is 48.5 Å². The third-order valence-corrected chi connectivity index (χ3v) is 10.6. The molecule has 0 spiro atoms. The van der Waals surface area contributed by atoms with Gasteiger partial charge >= 0.3 is 11.9 Å². The van der Waals surface area contributed by atoms with Crippen LogP contribution in [0.2, 0.25) is 0 Å². The second kappa shape index (κ2) is 25.0. The molecule has 326 valence electrons. The Balaban J connectivity index is 1.03. The van der Waals surface area contributed by atoms with Crippen molar-refractivity contribution < 1.29 is 28.5 Å². The molecule has 2 unspecified atom stereocenters. The van der Waals surface area contributed by atoms with Gasteiger partial charge in [0.05, 0.1) is 35.7 Å². The van der Waals surface area contributed by atoms with Crippen molar-refractivity contribution in [3.63, 3.8) is 0 Å². The van der Waals surface area contributed by atoms with Gasteiger partial charge < -0.3 is 18.9 Å². The van der Waals surface area contributed by atoms with E-state index >= 15 is 0 Å². The van der Waals surface area contributed by atoms with Crippen molar-refractivity contribution in [1.29, 1.82) is 0 Å². The molecule has 2 atom stereocenters. The topological polar surface area (TPSA) is 95.8 Å². The molecule has 0 N–H and O–H groups in total. The maximum absolute atomic E-state index is 13.0. The van der Waals surface area contributed by atoms with E-state index < -0.39 is 11.9 Å². The lowest BCUT2D eigenvalue weighted by Crippen LogP contribution is -2.10. The molecule has 0 aliphatic heterocycles. The van der Waals surface area contributed by atoms with Crippen LogP contribution in [0.15, 0.2) is 131 Å². The molecular formula is C54H64N2O6. The molecule has 0 radical (unpaired) electrons. The first-order valence-corrected chi connectivity index (χ1v) is 22.3. The van der Waals surface area contributed by atoms with Gasteiger partial charge in [0.2, 0.25) is 0 Å². The third kappa shape index (κ3) is 17.2. The molecule has 0 aromatic heterocycles. The largest absolute Gasteiger partial charge is 0.494 e. The monoisotopic (exact) mass is 836 g/mol. The smallest absolute Gasteiger partial charge is 0.343 e. The molecule has 8 heteroatoms. The summed E-state index contributed by atoms with van der Waals surface area (Å²) >= 11 is 0. The summed E-state index contributed by atoms with van der Waals surface area (Å²) in [5.41, 5.74) is 4.02. The van der Waals surface area contributed by atoms with Crippen molar-refractivity contribution in [1.82, 2.24) is 0 Å². The summed E-state index contributed by atoms with van der Waals surface area (Å²) in [6.07, 6.45) is 13.2. The second-order valence-corrected chi connectivity index (χ2v) is 17.1. The van der Waals surface area contributed by atoms with Crippen molar-refractivity contribution >= 4 is 35.7 Å². The summed E-state index contributed by atoms with van der Waals surface area (Å²) in [5.74, 6) is 3.94. The van der Waals surface area contributed by atoms with Crippen LogP contribution in [0.3, 0.4) is 0 Å². The van der Waals surface area contributed by atoms with Crippen molar-refractivity contribution in [2.24, 2.45) is 33.7 Å². The normalized spacial score (nSPS) is 12.5. The van der Waals surface area contributed by atoms with Crippen molar-refractivity contribution in [2.75, 3.05) is 13.2 Å². The Morgan fingerprint density at radius 2 is 0.855 bits per heavy atom. The highest BCUT2D eigenvalue weighted by Crippen LogP contribution is 2.24. The van der Waals surface area contributed by atoms with Gasteiger partial charge in [0.1, 0.15) is 23.0 Å². The van der Waals surface area contributed by atoms with Crippen LogP contribution < -0.4 is 18.9 Å². The lowest BCUT2D eigenvalue weighted by molar-refractivity contribution is 0.0732. The van der Waals surface area contributed by atoms with Gasteiger partial charge in [-0.25, -0.2) is 9.59 Å². The predicted octanol–water partition coefficient (Wildman–Crippen LogP) is 14.1. The van der Waals surface area contributed by atoms with Crippen LogP contribution in [-0.2, 0) is 0 Å². The number of ether oxygens (including phenoxy) is 4. The zero-order valence-corrected chi connectivity index (χ0v) is 37.4.